The lowest BCUT2D eigenvalue weighted by atomic mass is 9.55. The monoisotopic (exact) mass is 164 g/mol. The first-order valence-corrected chi connectivity index (χ1v) is 4.71. The van der Waals surface area contributed by atoms with Crippen LogP contribution in [-0.2, 0) is 4.79 Å². The van der Waals surface area contributed by atoms with E-state index in [1.54, 1.807) is 0 Å². The van der Waals surface area contributed by atoms with E-state index in [1.165, 1.54) is 0 Å². The highest BCUT2D eigenvalue weighted by molar-refractivity contribution is 5.92. The van der Waals surface area contributed by atoms with Crippen LogP contribution in [0.5, 0.6) is 0 Å². The van der Waals surface area contributed by atoms with Crippen LogP contribution in [0.1, 0.15) is 33.6 Å². The largest absolute Gasteiger partial charge is 0.299 e. The Hall–Kier alpha value is -0.590. The van der Waals surface area contributed by atoms with Gasteiger partial charge in [0.1, 0.15) is 5.78 Å². The molecule has 2 unspecified atom stereocenters. The van der Waals surface area contributed by atoms with Crippen LogP contribution in [-0.4, -0.2) is 5.78 Å². The van der Waals surface area contributed by atoms with E-state index in [2.05, 4.69) is 32.9 Å². The third-order valence-corrected chi connectivity index (χ3v) is 3.56. The molecule has 2 aliphatic rings. The highest BCUT2D eigenvalue weighted by Gasteiger charge is 2.58. The fraction of sp³-hybridized carbons (Fsp3) is 0.727. The standard InChI is InChI=1S/C11H16O/c1-10(2,3)11-7-6-8(11)4-5-9(11)12/h6-8H,4-5H2,1-3H3. The minimum atomic E-state index is -0.0903. The van der Waals surface area contributed by atoms with Crippen molar-refractivity contribution >= 4 is 5.78 Å². The van der Waals surface area contributed by atoms with E-state index in [4.69, 9.17) is 0 Å². The van der Waals surface area contributed by atoms with Gasteiger partial charge in [-0.1, -0.05) is 32.9 Å². The Morgan fingerprint density at radius 2 is 2.17 bits per heavy atom. The van der Waals surface area contributed by atoms with Gasteiger partial charge in [0.2, 0.25) is 0 Å². The third kappa shape index (κ3) is 0.675. The zero-order valence-electron chi connectivity index (χ0n) is 8.05. The predicted molar refractivity (Wildman–Crippen MR) is 48.8 cm³/mol. The van der Waals surface area contributed by atoms with Crippen LogP contribution in [0.2, 0.25) is 0 Å². The van der Waals surface area contributed by atoms with Gasteiger partial charge in [0.25, 0.3) is 0 Å². The maximum Gasteiger partial charge on any atom is 0.143 e. The maximum atomic E-state index is 11.8. The van der Waals surface area contributed by atoms with Gasteiger partial charge in [0, 0.05) is 6.42 Å². The van der Waals surface area contributed by atoms with Gasteiger partial charge in [-0.2, -0.15) is 0 Å². The number of rotatable bonds is 0. The molecular formula is C11H16O. The second kappa shape index (κ2) is 2.01. The molecule has 0 spiro atoms. The highest BCUT2D eigenvalue weighted by Crippen LogP contribution is 2.59. The van der Waals surface area contributed by atoms with Crippen molar-refractivity contribution in [1.82, 2.24) is 0 Å². The first-order chi connectivity index (χ1) is 5.48. The molecule has 1 saturated carbocycles. The minimum absolute atomic E-state index is 0.0903. The Balaban J connectivity index is 2.43. The summed E-state index contributed by atoms with van der Waals surface area (Å²) < 4.78 is 0. The van der Waals surface area contributed by atoms with Crippen LogP contribution in [0.3, 0.4) is 0 Å². The molecule has 0 radical (unpaired) electrons. The van der Waals surface area contributed by atoms with Gasteiger partial charge in [-0.3, -0.25) is 4.79 Å². The first-order valence-electron chi connectivity index (χ1n) is 4.71. The van der Waals surface area contributed by atoms with Crippen LogP contribution >= 0.6 is 0 Å². The average Bonchev–Trinajstić information content (AvgIpc) is 2.01. The lowest BCUT2D eigenvalue weighted by Gasteiger charge is -2.47. The summed E-state index contributed by atoms with van der Waals surface area (Å²) in [6, 6.07) is 0. The van der Waals surface area contributed by atoms with Gasteiger partial charge in [0.05, 0.1) is 5.41 Å². The van der Waals surface area contributed by atoms with Crippen LogP contribution in [0.15, 0.2) is 12.2 Å². The number of carbonyl (C=O) groups is 1. The van der Waals surface area contributed by atoms with Gasteiger partial charge < -0.3 is 0 Å². The summed E-state index contributed by atoms with van der Waals surface area (Å²) >= 11 is 0. The van der Waals surface area contributed by atoms with E-state index in [1.807, 2.05) is 0 Å². The zero-order chi connectivity index (χ0) is 8.98. The van der Waals surface area contributed by atoms with E-state index in [0.717, 1.165) is 12.8 Å². The molecule has 1 fully saturated rings. The Kier molecular flexibility index (Phi) is 1.35. The number of allylic oxidation sites excluding steroid dienone is 2. The van der Waals surface area contributed by atoms with E-state index < -0.39 is 0 Å². The molecule has 0 N–H and O–H groups in total. The van der Waals surface area contributed by atoms with Crippen LogP contribution in [0.25, 0.3) is 0 Å². The van der Waals surface area contributed by atoms with E-state index >= 15 is 0 Å². The molecule has 0 bridgehead atoms. The lowest BCUT2D eigenvalue weighted by molar-refractivity contribution is -0.130. The van der Waals surface area contributed by atoms with E-state index in [-0.39, 0.29) is 10.8 Å². The summed E-state index contributed by atoms with van der Waals surface area (Å²) in [6.45, 7) is 6.52. The highest BCUT2D eigenvalue weighted by atomic mass is 16.1. The van der Waals surface area contributed by atoms with Gasteiger partial charge in [0.15, 0.2) is 0 Å². The molecular weight excluding hydrogens is 148 g/mol. The summed E-state index contributed by atoms with van der Waals surface area (Å²) in [7, 11) is 0. The molecule has 66 valence electrons. The van der Waals surface area contributed by atoms with Gasteiger partial charge in [-0.25, -0.2) is 0 Å². The number of ketones is 1. The van der Waals surface area contributed by atoms with Crippen molar-refractivity contribution < 1.29 is 4.79 Å². The van der Waals surface area contributed by atoms with Crippen molar-refractivity contribution in [3.05, 3.63) is 12.2 Å². The van der Waals surface area contributed by atoms with Crippen LogP contribution in [0.4, 0.5) is 0 Å². The predicted octanol–water partition coefficient (Wildman–Crippen LogP) is 2.57. The Bertz CT molecular complexity index is 257. The van der Waals surface area contributed by atoms with Gasteiger partial charge in [-0.05, 0) is 17.8 Å². The molecule has 2 atom stereocenters. The molecule has 12 heavy (non-hydrogen) atoms. The number of hydrogen-bond donors (Lipinski definition) is 0. The zero-order valence-corrected chi connectivity index (χ0v) is 8.05. The van der Waals surface area contributed by atoms with Crippen molar-refractivity contribution in [2.75, 3.05) is 0 Å². The van der Waals surface area contributed by atoms with Crippen molar-refractivity contribution in [2.45, 2.75) is 33.6 Å². The quantitative estimate of drug-likeness (QED) is 0.503. The normalized spacial score (nSPS) is 39.6. The summed E-state index contributed by atoms with van der Waals surface area (Å²) in [4.78, 5) is 11.8. The molecule has 2 rings (SSSR count). The molecule has 1 nitrogen and oxygen atoms in total. The fourth-order valence-corrected chi connectivity index (χ4v) is 2.77. The number of hydrogen-bond acceptors (Lipinski definition) is 1. The molecule has 0 aliphatic heterocycles. The minimum Gasteiger partial charge on any atom is -0.299 e. The van der Waals surface area contributed by atoms with Gasteiger partial charge in [-0.15, -0.1) is 0 Å². The Morgan fingerprint density at radius 3 is 2.42 bits per heavy atom. The molecule has 2 aliphatic carbocycles. The summed E-state index contributed by atoms with van der Waals surface area (Å²) in [5.74, 6) is 1.01. The van der Waals surface area contributed by atoms with Crippen molar-refractivity contribution in [3.8, 4) is 0 Å². The second-order valence-corrected chi connectivity index (χ2v) is 5.05. The SMILES string of the molecule is CC(C)(C)C12C=CC1CCC2=O. The van der Waals surface area contributed by atoms with Crippen molar-refractivity contribution in [1.29, 1.82) is 0 Å². The molecule has 0 aromatic rings. The second-order valence-electron chi connectivity index (χ2n) is 5.05. The number of Topliss-reactive ketones (excluding diaryl/α,β-unsaturated/α-hetero) is 1. The Morgan fingerprint density at radius 1 is 1.50 bits per heavy atom. The van der Waals surface area contributed by atoms with Crippen LogP contribution in [0, 0.1) is 16.7 Å². The molecule has 0 amide bonds. The lowest BCUT2D eigenvalue weighted by Crippen LogP contribution is -2.46. The molecule has 1 heteroatoms. The number of fused-ring (bicyclic) bond motifs is 1. The van der Waals surface area contributed by atoms with Gasteiger partial charge >= 0.3 is 0 Å². The first kappa shape index (κ1) is 8.03. The fourth-order valence-electron chi connectivity index (χ4n) is 2.77. The number of carbonyl (C=O) groups excluding carboxylic acids is 1. The van der Waals surface area contributed by atoms with Crippen LogP contribution < -0.4 is 0 Å². The average molecular weight is 164 g/mol. The smallest absolute Gasteiger partial charge is 0.143 e. The van der Waals surface area contributed by atoms with E-state index in [0.29, 0.717) is 11.7 Å². The molecule has 0 saturated heterocycles. The molecule has 0 aromatic carbocycles. The van der Waals surface area contributed by atoms with E-state index in [9.17, 15) is 4.79 Å². The summed E-state index contributed by atoms with van der Waals surface area (Å²) in [6.07, 6.45) is 6.20. The van der Waals surface area contributed by atoms with Crippen molar-refractivity contribution in [3.63, 3.8) is 0 Å². The van der Waals surface area contributed by atoms with Crippen molar-refractivity contribution in [2.24, 2.45) is 16.7 Å². The third-order valence-electron chi connectivity index (χ3n) is 3.56. The molecule has 0 heterocycles. The maximum absolute atomic E-state index is 11.8. The molecule has 0 aromatic heterocycles. The Labute approximate surface area is 73.8 Å². The summed E-state index contributed by atoms with van der Waals surface area (Å²) in [5.41, 5.74) is 0.0208. The summed E-state index contributed by atoms with van der Waals surface area (Å²) in [5, 5.41) is 0. The topological polar surface area (TPSA) is 17.1 Å².